The minimum atomic E-state index is -4.43. The van der Waals surface area contributed by atoms with Crippen LogP contribution in [0.3, 0.4) is 0 Å². The van der Waals surface area contributed by atoms with E-state index in [1.54, 1.807) is 30.3 Å². The fourth-order valence-corrected chi connectivity index (χ4v) is 2.09. The van der Waals surface area contributed by atoms with Gasteiger partial charge in [0.15, 0.2) is 0 Å². The van der Waals surface area contributed by atoms with Gasteiger partial charge in [-0.05, 0) is 41.5 Å². The van der Waals surface area contributed by atoms with Crippen molar-refractivity contribution in [3.8, 4) is 6.07 Å². The first kappa shape index (κ1) is 18.6. The van der Waals surface area contributed by atoms with E-state index in [4.69, 9.17) is 16.9 Å². The lowest BCUT2D eigenvalue weighted by atomic mass is 10.1. The lowest BCUT2D eigenvalue weighted by molar-refractivity contribution is -0.137. The number of hydrogen-bond acceptors (Lipinski definition) is 2. The third-order valence-electron chi connectivity index (χ3n) is 3.28. The molecule has 3 nitrogen and oxygen atoms in total. The molecule has 2 aromatic rings. The summed E-state index contributed by atoms with van der Waals surface area (Å²) in [6.45, 7) is 0.196. The Morgan fingerprint density at radius 1 is 1.12 bits per heavy atom. The van der Waals surface area contributed by atoms with Gasteiger partial charge in [-0.15, -0.1) is 0 Å². The zero-order valence-electron chi connectivity index (χ0n) is 12.8. The van der Waals surface area contributed by atoms with E-state index in [0.717, 1.165) is 17.7 Å². The van der Waals surface area contributed by atoms with E-state index in [0.29, 0.717) is 10.6 Å². The summed E-state index contributed by atoms with van der Waals surface area (Å²) in [6, 6.07) is 12.7. The molecule has 0 aromatic heterocycles. The third-order valence-corrected chi connectivity index (χ3v) is 3.53. The van der Waals surface area contributed by atoms with Gasteiger partial charge in [0.1, 0.15) is 11.6 Å². The Morgan fingerprint density at radius 2 is 1.72 bits per heavy atom. The smallest absolute Gasteiger partial charge is 0.347 e. The third kappa shape index (κ3) is 5.37. The number of nitrogens with zero attached hydrogens (tertiary/aromatic N) is 1. The van der Waals surface area contributed by atoms with Crippen molar-refractivity contribution in [1.29, 1.82) is 5.26 Å². The average Bonchev–Trinajstić information content (AvgIpc) is 2.58. The second kappa shape index (κ2) is 7.86. The van der Waals surface area contributed by atoms with E-state index in [1.165, 1.54) is 18.2 Å². The van der Waals surface area contributed by atoms with E-state index in [9.17, 15) is 18.0 Å². The molecular weight excluding hydrogens is 353 g/mol. The van der Waals surface area contributed by atoms with Crippen LogP contribution in [0.4, 0.5) is 13.2 Å². The summed E-state index contributed by atoms with van der Waals surface area (Å²) in [6.07, 6.45) is -3.20. The molecule has 0 aliphatic rings. The monoisotopic (exact) mass is 364 g/mol. The minimum absolute atomic E-state index is 0.196. The van der Waals surface area contributed by atoms with Crippen LogP contribution in [0, 0.1) is 11.3 Å². The van der Waals surface area contributed by atoms with Crippen molar-refractivity contribution in [2.75, 3.05) is 0 Å². The number of hydrogen-bond donors (Lipinski definition) is 1. The molecule has 0 unspecified atom stereocenters. The van der Waals surface area contributed by atoms with Crippen LogP contribution in [0.25, 0.3) is 6.08 Å². The molecule has 0 spiro atoms. The van der Waals surface area contributed by atoms with Gasteiger partial charge in [-0.3, -0.25) is 4.79 Å². The number of nitriles is 1. The van der Waals surface area contributed by atoms with Crippen molar-refractivity contribution in [2.24, 2.45) is 0 Å². The fourth-order valence-electron chi connectivity index (χ4n) is 1.96. The van der Waals surface area contributed by atoms with Crippen molar-refractivity contribution in [3.63, 3.8) is 0 Å². The number of halogens is 4. The molecule has 0 saturated heterocycles. The highest BCUT2D eigenvalue weighted by Gasteiger charge is 2.29. The number of carbonyl (C=O) groups is 1. The maximum Gasteiger partial charge on any atom is 0.416 e. The molecule has 0 bridgehead atoms. The first-order valence-corrected chi connectivity index (χ1v) is 7.49. The van der Waals surface area contributed by atoms with Gasteiger partial charge in [0.2, 0.25) is 0 Å². The number of rotatable bonds is 4. The van der Waals surface area contributed by atoms with E-state index in [1.807, 2.05) is 0 Å². The van der Waals surface area contributed by atoms with Gasteiger partial charge in [0.05, 0.1) is 5.56 Å². The van der Waals surface area contributed by atoms with Gasteiger partial charge >= 0.3 is 6.18 Å². The highest BCUT2D eigenvalue weighted by molar-refractivity contribution is 6.30. The molecule has 25 heavy (non-hydrogen) atoms. The topological polar surface area (TPSA) is 52.9 Å². The Kier molecular flexibility index (Phi) is 5.84. The minimum Gasteiger partial charge on any atom is -0.347 e. The van der Waals surface area contributed by atoms with Crippen molar-refractivity contribution < 1.29 is 18.0 Å². The second-order valence-electron chi connectivity index (χ2n) is 5.10. The first-order chi connectivity index (χ1) is 11.8. The van der Waals surface area contributed by atoms with Crippen molar-refractivity contribution in [3.05, 3.63) is 75.8 Å². The molecule has 0 saturated carbocycles. The summed E-state index contributed by atoms with van der Waals surface area (Å²) < 4.78 is 37.6. The molecule has 1 N–H and O–H groups in total. The zero-order chi connectivity index (χ0) is 18.4. The van der Waals surface area contributed by atoms with Gasteiger partial charge in [0, 0.05) is 11.6 Å². The van der Waals surface area contributed by atoms with Crippen LogP contribution in [0.2, 0.25) is 5.02 Å². The highest BCUT2D eigenvalue weighted by atomic mass is 35.5. The normalized spacial score (nSPS) is 11.7. The standard InChI is InChI=1S/C18H12ClF3N2O/c19-16-7-3-13(4-8-16)11-24-17(25)14(10-23)9-12-1-5-15(6-2-12)18(20,21)22/h1-9H,11H2,(H,24,25). The quantitative estimate of drug-likeness (QED) is 0.637. The molecule has 0 radical (unpaired) electrons. The van der Waals surface area contributed by atoms with Gasteiger partial charge in [-0.25, -0.2) is 0 Å². The van der Waals surface area contributed by atoms with Crippen LogP contribution < -0.4 is 5.32 Å². The van der Waals surface area contributed by atoms with Crippen molar-refractivity contribution in [2.45, 2.75) is 12.7 Å². The Morgan fingerprint density at radius 3 is 2.24 bits per heavy atom. The second-order valence-corrected chi connectivity index (χ2v) is 5.54. The largest absolute Gasteiger partial charge is 0.416 e. The maximum atomic E-state index is 12.5. The van der Waals surface area contributed by atoms with Crippen LogP contribution in [0.1, 0.15) is 16.7 Å². The fraction of sp³-hybridized carbons (Fsp3) is 0.111. The summed E-state index contributed by atoms with van der Waals surface area (Å²) in [4.78, 5) is 12.0. The van der Waals surface area contributed by atoms with E-state index < -0.39 is 17.6 Å². The molecule has 0 atom stereocenters. The number of benzene rings is 2. The molecule has 2 aromatic carbocycles. The summed E-state index contributed by atoms with van der Waals surface area (Å²) in [5, 5.41) is 12.2. The Bertz CT molecular complexity index is 819. The van der Waals surface area contributed by atoms with Gasteiger partial charge in [-0.1, -0.05) is 35.9 Å². The van der Waals surface area contributed by atoms with Crippen LogP contribution in [-0.4, -0.2) is 5.91 Å². The Hall–Kier alpha value is -2.78. The predicted octanol–water partition coefficient (Wildman–Crippen LogP) is 4.58. The average molecular weight is 365 g/mol. The molecule has 1 amide bonds. The van der Waals surface area contributed by atoms with Gasteiger partial charge in [0.25, 0.3) is 5.91 Å². The predicted molar refractivity (Wildman–Crippen MR) is 88.3 cm³/mol. The number of alkyl halides is 3. The first-order valence-electron chi connectivity index (χ1n) is 7.11. The van der Waals surface area contributed by atoms with E-state index in [-0.39, 0.29) is 12.1 Å². The SMILES string of the molecule is N#CC(=Cc1ccc(C(F)(F)F)cc1)C(=O)NCc1ccc(Cl)cc1. The van der Waals surface area contributed by atoms with E-state index >= 15 is 0 Å². The molecule has 7 heteroatoms. The molecule has 0 heterocycles. The number of amides is 1. The number of nitrogens with one attached hydrogen (secondary N) is 1. The summed E-state index contributed by atoms with van der Waals surface area (Å²) in [5.41, 5.74) is 0.125. The summed E-state index contributed by atoms with van der Waals surface area (Å²) >= 11 is 5.77. The van der Waals surface area contributed by atoms with Crippen molar-refractivity contribution in [1.82, 2.24) is 5.32 Å². The van der Waals surface area contributed by atoms with Crippen LogP contribution in [0.15, 0.2) is 54.1 Å². The highest BCUT2D eigenvalue weighted by Crippen LogP contribution is 2.29. The molecule has 0 fully saturated rings. The molecule has 0 aliphatic carbocycles. The Balaban J connectivity index is 2.07. The van der Waals surface area contributed by atoms with Crippen LogP contribution in [-0.2, 0) is 17.5 Å². The molecule has 128 valence electrons. The molecule has 0 aliphatic heterocycles. The van der Waals surface area contributed by atoms with Crippen LogP contribution in [0.5, 0.6) is 0 Å². The lowest BCUT2D eigenvalue weighted by Gasteiger charge is -2.07. The zero-order valence-corrected chi connectivity index (χ0v) is 13.5. The van der Waals surface area contributed by atoms with Gasteiger partial charge < -0.3 is 5.32 Å². The lowest BCUT2D eigenvalue weighted by Crippen LogP contribution is -2.23. The van der Waals surface area contributed by atoms with Gasteiger partial charge in [-0.2, -0.15) is 18.4 Å². The Labute approximate surface area is 147 Å². The van der Waals surface area contributed by atoms with Crippen LogP contribution >= 0.6 is 11.6 Å². The van der Waals surface area contributed by atoms with E-state index in [2.05, 4.69) is 5.32 Å². The maximum absolute atomic E-state index is 12.5. The summed E-state index contributed by atoms with van der Waals surface area (Å²) in [5.74, 6) is -0.614. The number of carbonyl (C=O) groups excluding carboxylic acids is 1. The molecule has 2 rings (SSSR count). The molecular formula is C18H12ClF3N2O. The summed E-state index contributed by atoms with van der Waals surface area (Å²) in [7, 11) is 0. The van der Waals surface area contributed by atoms with Crippen molar-refractivity contribution >= 4 is 23.6 Å².